The monoisotopic (exact) mass is 380 g/mol. The fraction of sp³-hybridized carbons (Fsp3) is 0.250. The molecule has 0 amide bonds. The highest BCUT2D eigenvalue weighted by Crippen LogP contribution is 2.37. The number of halogens is 1. The van der Waals surface area contributed by atoms with E-state index in [-0.39, 0.29) is 0 Å². The molecule has 0 saturated carbocycles. The average molecular weight is 381 g/mol. The lowest BCUT2D eigenvalue weighted by Gasteiger charge is -2.17. The summed E-state index contributed by atoms with van der Waals surface area (Å²) in [6.45, 7) is 3.27. The Morgan fingerprint density at radius 3 is 2.19 bits per heavy atom. The molecular weight excluding hydrogens is 356 g/mol. The number of aryl methyl sites for hydroxylation is 1. The first-order valence-electron chi connectivity index (χ1n) is 9.39. The Bertz CT molecular complexity index is 832. The topological polar surface area (TPSA) is 18.5 Å². The van der Waals surface area contributed by atoms with Gasteiger partial charge in [0.2, 0.25) is 0 Å². The van der Waals surface area contributed by atoms with Crippen LogP contribution in [0.4, 0.5) is 0 Å². The lowest BCUT2D eigenvalue weighted by Crippen LogP contribution is -2.03. The molecule has 3 aromatic carbocycles. The molecular formula is C24H25ClO2. The highest BCUT2D eigenvalue weighted by molar-refractivity contribution is 6.17. The Morgan fingerprint density at radius 1 is 0.815 bits per heavy atom. The second-order valence-corrected chi connectivity index (χ2v) is 6.72. The van der Waals surface area contributed by atoms with Crippen LogP contribution in [0.3, 0.4) is 0 Å². The van der Waals surface area contributed by atoms with Crippen LogP contribution >= 0.6 is 11.6 Å². The minimum absolute atomic E-state index is 0.521. The fourth-order valence-corrected chi connectivity index (χ4v) is 3.06. The van der Waals surface area contributed by atoms with Crippen LogP contribution in [0.15, 0.2) is 72.8 Å². The first-order valence-corrected chi connectivity index (χ1v) is 9.93. The van der Waals surface area contributed by atoms with Crippen LogP contribution in [0, 0.1) is 0 Å². The van der Waals surface area contributed by atoms with Gasteiger partial charge in [-0.15, -0.1) is 11.6 Å². The fourth-order valence-electron chi connectivity index (χ4n) is 2.95. The van der Waals surface area contributed by atoms with Crippen molar-refractivity contribution in [1.29, 1.82) is 0 Å². The van der Waals surface area contributed by atoms with Crippen molar-refractivity contribution >= 4 is 11.6 Å². The maximum Gasteiger partial charge on any atom is 0.131 e. The number of hydrogen-bond acceptors (Lipinski definition) is 2. The molecule has 0 saturated heterocycles. The summed E-state index contributed by atoms with van der Waals surface area (Å²) in [6, 6.07) is 24.8. The van der Waals surface area contributed by atoms with Crippen molar-refractivity contribution in [2.24, 2.45) is 0 Å². The number of ether oxygens (including phenoxy) is 2. The quantitative estimate of drug-likeness (QED) is 0.311. The standard InChI is InChI=1S/C24H25ClO2/c1-2-20-16-22(21-12-7-4-8-13-21)24(17-23(20)26-15-9-14-25)27-18-19-10-5-3-6-11-19/h3-8,10-13,16-17H,2,9,14-15,18H2,1H3. The molecule has 3 aromatic rings. The molecule has 0 aliphatic rings. The predicted molar refractivity (Wildman–Crippen MR) is 113 cm³/mol. The summed E-state index contributed by atoms with van der Waals surface area (Å²) >= 11 is 5.79. The Labute approximate surface area is 166 Å². The zero-order valence-corrected chi connectivity index (χ0v) is 16.4. The molecule has 0 spiro atoms. The van der Waals surface area contributed by atoms with Crippen molar-refractivity contribution in [1.82, 2.24) is 0 Å². The maximum atomic E-state index is 6.22. The van der Waals surface area contributed by atoms with Crippen LogP contribution in [0.2, 0.25) is 0 Å². The van der Waals surface area contributed by atoms with Gasteiger partial charge >= 0.3 is 0 Å². The molecule has 0 aliphatic carbocycles. The van der Waals surface area contributed by atoms with Gasteiger partial charge in [-0.3, -0.25) is 0 Å². The number of benzene rings is 3. The normalized spacial score (nSPS) is 10.6. The molecule has 0 atom stereocenters. The number of rotatable bonds is 9. The highest BCUT2D eigenvalue weighted by Gasteiger charge is 2.13. The summed E-state index contributed by atoms with van der Waals surface area (Å²) < 4.78 is 12.2. The molecule has 0 radical (unpaired) electrons. The summed E-state index contributed by atoms with van der Waals surface area (Å²) in [5.41, 5.74) is 4.55. The van der Waals surface area contributed by atoms with Crippen LogP contribution in [0.1, 0.15) is 24.5 Å². The second-order valence-electron chi connectivity index (χ2n) is 6.34. The molecule has 0 aromatic heterocycles. The molecule has 0 heterocycles. The molecule has 0 bridgehead atoms. The molecule has 3 rings (SSSR count). The summed E-state index contributed by atoms with van der Waals surface area (Å²) in [5, 5.41) is 0. The predicted octanol–water partition coefficient (Wildman–Crippen LogP) is 6.50. The lowest BCUT2D eigenvalue weighted by molar-refractivity contribution is 0.294. The van der Waals surface area contributed by atoms with Crippen LogP contribution < -0.4 is 9.47 Å². The second kappa shape index (κ2) is 10.0. The van der Waals surface area contributed by atoms with Crippen molar-refractivity contribution in [3.8, 4) is 22.6 Å². The van der Waals surface area contributed by atoms with E-state index in [1.165, 1.54) is 5.56 Å². The van der Waals surface area contributed by atoms with Gasteiger partial charge < -0.3 is 9.47 Å². The maximum absolute atomic E-state index is 6.22. The zero-order chi connectivity index (χ0) is 18.9. The van der Waals surface area contributed by atoms with Crippen LogP contribution in [0.25, 0.3) is 11.1 Å². The van der Waals surface area contributed by atoms with Crippen molar-refractivity contribution in [2.45, 2.75) is 26.4 Å². The largest absolute Gasteiger partial charge is 0.493 e. The van der Waals surface area contributed by atoms with Gasteiger partial charge in [0.15, 0.2) is 0 Å². The van der Waals surface area contributed by atoms with Crippen LogP contribution in [-0.2, 0) is 13.0 Å². The zero-order valence-electron chi connectivity index (χ0n) is 15.7. The third-order valence-electron chi connectivity index (χ3n) is 4.40. The first-order chi connectivity index (χ1) is 13.3. The highest BCUT2D eigenvalue weighted by atomic mass is 35.5. The van der Waals surface area contributed by atoms with Crippen molar-refractivity contribution < 1.29 is 9.47 Å². The Balaban J connectivity index is 1.94. The van der Waals surface area contributed by atoms with Crippen molar-refractivity contribution in [3.63, 3.8) is 0 Å². The number of alkyl halides is 1. The summed E-state index contributed by atoms with van der Waals surface area (Å²) in [7, 11) is 0. The van der Waals surface area contributed by atoms with Crippen molar-refractivity contribution in [3.05, 3.63) is 83.9 Å². The van der Waals surface area contributed by atoms with Crippen molar-refractivity contribution in [2.75, 3.05) is 12.5 Å². The SMILES string of the molecule is CCc1cc(-c2ccccc2)c(OCc2ccccc2)cc1OCCCCl. The minimum Gasteiger partial charge on any atom is -0.493 e. The van der Waals surface area contributed by atoms with E-state index in [0.717, 1.165) is 41.0 Å². The third-order valence-corrected chi connectivity index (χ3v) is 4.67. The first kappa shape index (κ1) is 19.3. The van der Waals surface area contributed by atoms with E-state index >= 15 is 0 Å². The molecule has 0 unspecified atom stereocenters. The van der Waals surface area contributed by atoms with Crippen LogP contribution in [-0.4, -0.2) is 12.5 Å². The summed E-state index contributed by atoms with van der Waals surface area (Å²) in [4.78, 5) is 0. The molecule has 27 heavy (non-hydrogen) atoms. The van der Waals surface area contributed by atoms with Gasteiger partial charge in [0.05, 0.1) is 6.61 Å². The third kappa shape index (κ3) is 5.27. The minimum atomic E-state index is 0.521. The van der Waals surface area contributed by atoms with E-state index in [1.54, 1.807) is 0 Å². The molecule has 0 aliphatic heterocycles. The van der Waals surface area contributed by atoms with Gasteiger partial charge in [0, 0.05) is 17.5 Å². The van der Waals surface area contributed by atoms with Gasteiger partial charge in [-0.2, -0.15) is 0 Å². The average Bonchev–Trinajstić information content (AvgIpc) is 2.73. The summed E-state index contributed by atoms with van der Waals surface area (Å²) in [5.74, 6) is 2.31. The summed E-state index contributed by atoms with van der Waals surface area (Å²) in [6.07, 6.45) is 1.72. The van der Waals surface area contributed by atoms with Gasteiger partial charge in [0.25, 0.3) is 0 Å². The van der Waals surface area contributed by atoms with Gasteiger partial charge in [0.1, 0.15) is 18.1 Å². The van der Waals surface area contributed by atoms with Crippen LogP contribution in [0.5, 0.6) is 11.5 Å². The van der Waals surface area contributed by atoms with E-state index in [2.05, 4.69) is 37.3 Å². The van der Waals surface area contributed by atoms with E-state index in [1.807, 2.05) is 42.5 Å². The Morgan fingerprint density at radius 2 is 1.52 bits per heavy atom. The molecule has 3 heteroatoms. The Kier molecular flexibility index (Phi) is 7.18. The van der Waals surface area contributed by atoms with E-state index in [4.69, 9.17) is 21.1 Å². The molecule has 140 valence electrons. The van der Waals surface area contributed by atoms with E-state index < -0.39 is 0 Å². The number of hydrogen-bond donors (Lipinski definition) is 0. The smallest absolute Gasteiger partial charge is 0.131 e. The lowest BCUT2D eigenvalue weighted by atomic mass is 10.00. The van der Waals surface area contributed by atoms with Gasteiger partial charge in [-0.05, 0) is 35.6 Å². The van der Waals surface area contributed by atoms with E-state index in [9.17, 15) is 0 Å². The molecule has 0 N–H and O–H groups in total. The molecule has 2 nitrogen and oxygen atoms in total. The van der Waals surface area contributed by atoms with Gasteiger partial charge in [-0.25, -0.2) is 0 Å². The Hall–Kier alpha value is -2.45. The van der Waals surface area contributed by atoms with E-state index in [0.29, 0.717) is 19.1 Å². The van der Waals surface area contributed by atoms with Gasteiger partial charge in [-0.1, -0.05) is 67.6 Å². The molecule has 0 fully saturated rings.